The zero-order chi connectivity index (χ0) is 25.6. The number of rotatable bonds is 6. The lowest BCUT2D eigenvalue weighted by atomic mass is 9.97. The van der Waals surface area contributed by atoms with E-state index in [-0.39, 0.29) is 22.3 Å². The molecule has 1 aliphatic heterocycles. The maximum Gasteiger partial charge on any atom is 0.295 e. The number of methoxy groups -OCH3 is 1. The van der Waals surface area contributed by atoms with Crippen LogP contribution in [-0.4, -0.2) is 19.6 Å². The number of fused-ring (bicyclic) bond motifs is 2. The SMILES string of the molecule is COc1cc(C2c3c(oc4ccc(F)cc4c3=O)C(=O)N2c2cccc(Cl)c2)ccc1OCC(C)C. The van der Waals surface area contributed by atoms with Gasteiger partial charge < -0.3 is 13.9 Å². The maximum absolute atomic E-state index is 14.0. The van der Waals surface area contributed by atoms with Crippen LogP contribution in [0.4, 0.5) is 10.1 Å². The molecule has 1 amide bonds. The molecule has 0 N–H and O–H groups in total. The predicted octanol–water partition coefficient (Wildman–Crippen LogP) is 6.38. The summed E-state index contributed by atoms with van der Waals surface area (Å²) in [7, 11) is 1.52. The highest BCUT2D eigenvalue weighted by Gasteiger charge is 2.44. The van der Waals surface area contributed by atoms with Gasteiger partial charge in [-0.05, 0) is 60.0 Å². The van der Waals surface area contributed by atoms with Gasteiger partial charge in [0, 0.05) is 10.7 Å². The van der Waals surface area contributed by atoms with Crippen LogP contribution >= 0.6 is 11.6 Å². The van der Waals surface area contributed by atoms with E-state index in [1.54, 1.807) is 42.5 Å². The smallest absolute Gasteiger partial charge is 0.295 e. The Morgan fingerprint density at radius 2 is 1.86 bits per heavy atom. The van der Waals surface area contributed by atoms with Crippen molar-refractivity contribution >= 4 is 34.2 Å². The Balaban J connectivity index is 1.74. The second-order valence-corrected chi connectivity index (χ2v) is 9.42. The summed E-state index contributed by atoms with van der Waals surface area (Å²) in [5.41, 5.74) is 0.857. The third kappa shape index (κ3) is 4.09. The number of carbonyl (C=O) groups is 1. The molecule has 36 heavy (non-hydrogen) atoms. The van der Waals surface area contributed by atoms with Gasteiger partial charge in [0.15, 0.2) is 16.9 Å². The molecule has 184 valence electrons. The van der Waals surface area contributed by atoms with Crippen LogP contribution in [0, 0.1) is 11.7 Å². The summed E-state index contributed by atoms with van der Waals surface area (Å²) < 4.78 is 31.3. The van der Waals surface area contributed by atoms with Gasteiger partial charge in [-0.15, -0.1) is 0 Å². The first kappa shape index (κ1) is 23.9. The van der Waals surface area contributed by atoms with Crippen LogP contribution in [0.2, 0.25) is 5.02 Å². The predicted molar refractivity (Wildman–Crippen MR) is 136 cm³/mol. The molecule has 8 heteroatoms. The summed E-state index contributed by atoms with van der Waals surface area (Å²) in [6, 6.07) is 14.8. The summed E-state index contributed by atoms with van der Waals surface area (Å²) in [4.78, 5) is 28.8. The molecule has 0 spiro atoms. The van der Waals surface area contributed by atoms with E-state index in [0.29, 0.717) is 40.3 Å². The fourth-order valence-corrected chi connectivity index (χ4v) is 4.57. The largest absolute Gasteiger partial charge is 0.493 e. The van der Waals surface area contributed by atoms with Crippen molar-refractivity contribution < 1.29 is 23.1 Å². The average Bonchev–Trinajstić information content (AvgIpc) is 3.15. The number of hydrogen-bond donors (Lipinski definition) is 0. The van der Waals surface area contributed by atoms with Crippen molar-refractivity contribution in [2.45, 2.75) is 19.9 Å². The normalized spacial score (nSPS) is 15.0. The second kappa shape index (κ2) is 9.32. The van der Waals surface area contributed by atoms with Crippen molar-refractivity contribution in [1.82, 2.24) is 0 Å². The van der Waals surface area contributed by atoms with E-state index in [9.17, 15) is 14.0 Å². The number of nitrogens with zero attached hydrogens (tertiary/aromatic N) is 1. The Morgan fingerprint density at radius 1 is 1.06 bits per heavy atom. The molecule has 6 nitrogen and oxygen atoms in total. The van der Waals surface area contributed by atoms with Gasteiger partial charge in [-0.2, -0.15) is 0 Å². The first-order valence-electron chi connectivity index (χ1n) is 11.4. The summed E-state index contributed by atoms with van der Waals surface area (Å²) in [5, 5.41) is 0.486. The number of benzene rings is 3. The van der Waals surface area contributed by atoms with Gasteiger partial charge in [0.1, 0.15) is 11.4 Å². The van der Waals surface area contributed by atoms with Gasteiger partial charge in [0.2, 0.25) is 5.76 Å². The van der Waals surface area contributed by atoms with E-state index in [2.05, 4.69) is 0 Å². The third-order valence-electron chi connectivity index (χ3n) is 5.99. The molecule has 0 saturated heterocycles. The monoisotopic (exact) mass is 507 g/mol. The van der Waals surface area contributed by atoms with Crippen molar-refractivity contribution in [3.05, 3.63) is 98.6 Å². The highest BCUT2D eigenvalue weighted by Crippen LogP contribution is 2.43. The quantitative estimate of drug-likeness (QED) is 0.303. The molecule has 5 rings (SSSR count). The number of anilines is 1. The lowest BCUT2D eigenvalue weighted by molar-refractivity contribution is 0.0971. The Bertz CT molecular complexity index is 1550. The highest BCUT2D eigenvalue weighted by molar-refractivity contribution is 6.31. The van der Waals surface area contributed by atoms with Gasteiger partial charge in [0.25, 0.3) is 5.91 Å². The van der Waals surface area contributed by atoms with Crippen LogP contribution in [0.15, 0.2) is 69.9 Å². The van der Waals surface area contributed by atoms with E-state index < -0.39 is 23.2 Å². The molecule has 4 aromatic rings. The summed E-state index contributed by atoms with van der Waals surface area (Å²) in [6.45, 7) is 4.57. The number of halogens is 2. The standard InChI is InChI=1S/C28H23ClFNO5/c1-15(2)14-35-22-9-7-16(11-23(22)34-3)25-24-26(32)20-13-18(30)8-10-21(20)36-27(24)28(33)31(25)19-6-4-5-17(29)12-19/h4-13,15,25H,14H2,1-3H3. The minimum absolute atomic E-state index is 0.0587. The molecular formula is C28H23ClFNO5. The molecular weight excluding hydrogens is 485 g/mol. The highest BCUT2D eigenvalue weighted by atomic mass is 35.5. The van der Waals surface area contributed by atoms with Crippen molar-refractivity contribution in [2.75, 3.05) is 18.6 Å². The van der Waals surface area contributed by atoms with Crippen molar-refractivity contribution in [2.24, 2.45) is 5.92 Å². The fraction of sp³-hybridized carbons (Fsp3) is 0.214. The summed E-state index contributed by atoms with van der Waals surface area (Å²) in [5.74, 6) is 0.140. The van der Waals surface area contributed by atoms with Gasteiger partial charge in [-0.3, -0.25) is 14.5 Å². The Labute approximate surface area is 211 Å². The number of amides is 1. The van der Waals surface area contributed by atoms with Crippen LogP contribution in [0.25, 0.3) is 11.0 Å². The van der Waals surface area contributed by atoms with Crippen molar-refractivity contribution in [1.29, 1.82) is 0 Å². The zero-order valence-corrected chi connectivity index (χ0v) is 20.6. The topological polar surface area (TPSA) is 69.0 Å². The average molecular weight is 508 g/mol. The molecule has 0 fully saturated rings. The maximum atomic E-state index is 14.0. The Hall–Kier alpha value is -3.84. The van der Waals surface area contributed by atoms with Crippen molar-refractivity contribution in [3.63, 3.8) is 0 Å². The van der Waals surface area contributed by atoms with Gasteiger partial charge in [0.05, 0.1) is 30.7 Å². The molecule has 1 unspecified atom stereocenters. The summed E-state index contributed by atoms with van der Waals surface area (Å²) in [6.07, 6.45) is 0. The Kier molecular flexibility index (Phi) is 6.18. The minimum atomic E-state index is -0.858. The second-order valence-electron chi connectivity index (χ2n) is 8.99. The first-order chi connectivity index (χ1) is 17.3. The summed E-state index contributed by atoms with van der Waals surface area (Å²) >= 11 is 6.24. The molecule has 0 saturated carbocycles. The number of ether oxygens (including phenoxy) is 2. The molecule has 1 aliphatic rings. The zero-order valence-electron chi connectivity index (χ0n) is 19.9. The van der Waals surface area contributed by atoms with Crippen molar-refractivity contribution in [3.8, 4) is 11.5 Å². The van der Waals surface area contributed by atoms with E-state index in [1.165, 1.54) is 24.1 Å². The molecule has 1 atom stereocenters. The van der Waals surface area contributed by atoms with Crippen LogP contribution in [-0.2, 0) is 0 Å². The molecule has 0 radical (unpaired) electrons. The number of hydrogen-bond acceptors (Lipinski definition) is 5. The van der Waals surface area contributed by atoms with E-state index in [0.717, 1.165) is 6.07 Å². The first-order valence-corrected chi connectivity index (χ1v) is 11.8. The lowest BCUT2D eigenvalue weighted by Gasteiger charge is -2.26. The van der Waals surface area contributed by atoms with Crippen LogP contribution in [0.5, 0.6) is 11.5 Å². The van der Waals surface area contributed by atoms with Gasteiger partial charge in [-0.1, -0.05) is 37.6 Å². The van der Waals surface area contributed by atoms with E-state index in [1.807, 2.05) is 13.8 Å². The van der Waals surface area contributed by atoms with E-state index >= 15 is 0 Å². The molecule has 2 heterocycles. The fourth-order valence-electron chi connectivity index (χ4n) is 4.38. The molecule has 0 aliphatic carbocycles. The molecule has 1 aromatic heterocycles. The number of carbonyl (C=O) groups excluding carboxylic acids is 1. The van der Waals surface area contributed by atoms with Gasteiger partial charge >= 0.3 is 0 Å². The molecule has 0 bridgehead atoms. The molecule has 3 aromatic carbocycles. The van der Waals surface area contributed by atoms with E-state index in [4.69, 9.17) is 25.5 Å². The Morgan fingerprint density at radius 3 is 2.58 bits per heavy atom. The lowest BCUT2D eigenvalue weighted by Crippen LogP contribution is -2.29. The minimum Gasteiger partial charge on any atom is -0.493 e. The van der Waals surface area contributed by atoms with Gasteiger partial charge in [-0.25, -0.2) is 4.39 Å². The third-order valence-corrected chi connectivity index (χ3v) is 6.23. The van der Waals surface area contributed by atoms with Crippen LogP contribution < -0.4 is 19.8 Å². The van der Waals surface area contributed by atoms with Crippen LogP contribution in [0.3, 0.4) is 0 Å². The van der Waals surface area contributed by atoms with Crippen LogP contribution in [0.1, 0.15) is 41.6 Å².